The van der Waals surface area contributed by atoms with Crippen LogP contribution in [0.5, 0.6) is 0 Å². The smallest absolute Gasteiger partial charge is 0.260 e. The minimum Gasteiger partial charge on any atom is -0.482 e. The van der Waals surface area contributed by atoms with Crippen LogP contribution < -0.4 is 5.32 Å². The lowest BCUT2D eigenvalue weighted by Crippen LogP contribution is -2.35. The Kier molecular flexibility index (Phi) is 4.98. The van der Waals surface area contributed by atoms with Crippen molar-refractivity contribution in [3.63, 3.8) is 0 Å². The van der Waals surface area contributed by atoms with Crippen molar-refractivity contribution in [3.05, 3.63) is 63.3 Å². The fourth-order valence-corrected chi connectivity index (χ4v) is 5.50. The van der Waals surface area contributed by atoms with Crippen LogP contribution in [0.15, 0.2) is 41.5 Å². The maximum atomic E-state index is 13.7. The standard InChI is InChI=1S/C24H24F2N2O2S/c1-24(2)19(14-8-17(31-13-14)12-28-7-3-4-16(26)11-28)10-21(30-24)22-18-6-5-15(25)9-20(18)27-23(22)29/h5-6,8-10,13,16H,3-4,7,11-12H2,1-2H3,(H,27,29). The van der Waals surface area contributed by atoms with E-state index in [1.54, 1.807) is 17.4 Å². The molecule has 3 aliphatic rings. The van der Waals surface area contributed by atoms with Gasteiger partial charge in [0.1, 0.15) is 23.3 Å². The Bertz CT molecular complexity index is 1120. The highest BCUT2D eigenvalue weighted by Crippen LogP contribution is 2.45. The molecule has 1 aromatic carbocycles. The number of carbonyl (C=O) groups is 1. The summed E-state index contributed by atoms with van der Waals surface area (Å²) in [5, 5.41) is 4.81. The number of anilines is 1. The molecule has 162 valence electrons. The van der Waals surface area contributed by atoms with Crippen LogP contribution >= 0.6 is 11.3 Å². The van der Waals surface area contributed by atoms with Crippen molar-refractivity contribution in [2.75, 3.05) is 18.4 Å². The lowest BCUT2D eigenvalue weighted by molar-refractivity contribution is -0.111. The van der Waals surface area contributed by atoms with Crippen LogP contribution in [0.3, 0.4) is 0 Å². The number of nitrogens with one attached hydrogen (secondary N) is 1. The number of nitrogens with zero attached hydrogens (tertiary/aromatic N) is 1. The molecule has 2 aromatic rings. The summed E-state index contributed by atoms with van der Waals surface area (Å²) in [7, 11) is 0. The number of ether oxygens (including phenoxy) is 1. The van der Waals surface area contributed by atoms with Crippen LogP contribution in [-0.2, 0) is 16.1 Å². The molecule has 3 aliphatic heterocycles. The predicted molar refractivity (Wildman–Crippen MR) is 119 cm³/mol. The number of hydrogen-bond donors (Lipinski definition) is 1. The molecule has 31 heavy (non-hydrogen) atoms. The normalized spacial score (nSPS) is 25.2. The van der Waals surface area contributed by atoms with Crippen LogP contribution in [0.1, 0.15) is 42.7 Å². The molecule has 1 atom stereocenters. The monoisotopic (exact) mass is 442 g/mol. The summed E-state index contributed by atoms with van der Waals surface area (Å²) in [5.41, 5.74) is 2.96. The van der Waals surface area contributed by atoms with E-state index < -0.39 is 17.6 Å². The highest BCUT2D eigenvalue weighted by Gasteiger charge is 2.38. The zero-order valence-corrected chi connectivity index (χ0v) is 18.3. The van der Waals surface area contributed by atoms with Crippen molar-refractivity contribution in [2.24, 2.45) is 0 Å². The number of thiophene rings is 1. The van der Waals surface area contributed by atoms with Crippen LogP contribution in [0, 0.1) is 5.82 Å². The van der Waals surface area contributed by atoms with Gasteiger partial charge >= 0.3 is 0 Å². The second-order valence-electron chi connectivity index (χ2n) is 8.83. The zero-order chi connectivity index (χ0) is 21.8. The summed E-state index contributed by atoms with van der Waals surface area (Å²) in [6.45, 7) is 6.11. The number of alkyl halides is 1. The second kappa shape index (κ2) is 7.57. The van der Waals surface area contributed by atoms with E-state index in [4.69, 9.17) is 4.74 Å². The average Bonchev–Trinajstić information content (AvgIpc) is 3.36. The summed E-state index contributed by atoms with van der Waals surface area (Å²) in [6.07, 6.45) is 2.74. The third kappa shape index (κ3) is 3.81. The van der Waals surface area contributed by atoms with Gasteiger partial charge in [-0.05, 0) is 74.5 Å². The van der Waals surface area contributed by atoms with E-state index in [9.17, 15) is 13.6 Å². The van der Waals surface area contributed by atoms with Crippen LogP contribution in [0.4, 0.5) is 14.5 Å². The first-order valence-electron chi connectivity index (χ1n) is 10.5. The number of halogens is 2. The fourth-order valence-electron chi connectivity index (χ4n) is 4.58. The van der Waals surface area contributed by atoms with Gasteiger partial charge in [-0.3, -0.25) is 9.69 Å². The lowest BCUT2D eigenvalue weighted by Gasteiger charge is -2.28. The van der Waals surface area contributed by atoms with Gasteiger partial charge in [0.15, 0.2) is 0 Å². The molecule has 4 nitrogen and oxygen atoms in total. The quantitative estimate of drug-likeness (QED) is 0.649. The number of likely N-dealkylation sites (tertiary alicyclic amines) is 1. The third-order valence-corrected chi connectivity index (χ3v) is 6.98. The Balaban J connectivity index is 1.45. The van der Waals surface area contributed by atoms with Gasteiger partial charge in [0.05, 0.1) is 11.3 Å². The van der Waals surface area contributed by atoms with Gasteiger partial charge in [0.25, 0.3) is 5.91 Å². The fraction of sp³-hybridized carbons (Fsp3) is 0.375. The van der Waals surface area contributed by atoms with Crippen molar-refractivity contribution >= 4 is 34.1 Å². The van der Waals surface area contributed by atoms with Gasteiger partial charge in [-0.25, -0.2) is 8.78 Å². The van der Waals surface area contributed by atoms with Gasteiger partial charge in [0.2, 0.25) is 0 Å². The van der Waals surface area contributed by atoms with Crippen LogP contribution in [0.2, 0.25) is 0 Å². The molecule has 0 radical (unpaired) electrons. The molecule has 1 saturated heterocycles. The Morgan fingerprint density at radius 1 is 1.32 bits per heavy atom. The molecule has 1 N–H and O–H groups in total. The molecular weight excluding hydrogens is 418 g/mol. The highest BCUT2D eigenvalue weighted by molar-refractivity contribution is 7.10. The molecule has 1 fully saturated rings. The first kappa shape index (κ1) is 20.4. The van der Waals surface area contributed by atoms with E-state index in [1.807, 2.05) is 19.9 Å². The number of piperidine rings is 1. The third-order valence-electron chi connectivity index (χ3n) is 6.05. The Labute approximate surface area is 184 Å². The van der Waals surface area contributed by atoms with Gasteiger partial charge in [-0.2, -0.15) is 0 Å². The first-order chi connectivity index (χ1) is 14.8. The summed E-state index contributed by atoms with van der Waals surface area (Å²) < 4.78 is 33.5. The van der Waals surface area contributed by atoms with Crippen molar-refractivity contribution in [2.45, 2.75) is 45.0 Å². The Hall–Kier alpha value is -2.51. The number of amides is 1. The maximum absolute atomic E-state index is 13.7. The Morgan fingerprint density at radius 2 is 2.16 bits per heavy atom. The minimum absolute atomic E-state index is 0.291. The lowest BCUT2D eigenvalue weighted by atomic mass is 9.94. The number of allylic oxidation sites excluding steroid dienone is 1. The molecule has 1 amide bonds. The maximum Gasteiger partial charge on any atom is 0.260 e. The average molecular weight is 443 g/mol. The van der Waals surface area contributed by atoms with Crippen molar-refractivity contribution in [1.82, 2.24) is 4.90 Å². The molecule has 0 aliphatic carbocycles. The number of fused-ring (bicyclic) bond motifs is 1. The molecule has 0 bridgehead atoms. The number of carbonyl (C=O) groups excluding carboxylic acids is 1. The van der Waals surface area contributed by atoms with Crippen LogP contribution in [-0.4, -0.2) is 35.7 Å². The number of hydrogen-bond acceptors (Lipinski definition) is 4. The van der Waals surface area contributed by atoms with Crippen molar-refractivity contribution in [1.29, 1.82) is 0 Å². The van der Waals surface area contributed by atoms with E-state index >= 15 is 0 Å². The van der Waals surface area contributed by atoms with Crippen LogP contribution in [0.25, 0.3) is 11.1 Å². The molecule has 1 aromatic heterocycles. The molecule has 0 spiro atoms. The zero-order valence-electron chi connectivity index (χ0n) is 17.5. The van der Waals surface area contributed by atoms with Crippen molar-refractivity contribution in [3.8, 4) is 0 Å². The summed E-state index contributed by atoms with van der Waals surface area (Å²) in [5.74, 6) is -0.194. The summed E-state index contributed by atoms with van der Waals surface area (Å²) >= 11 is 1.66. The van der Waals surface area contributed by atoms with Gasteiger partial charge in [-0.1, -0.05) is 0 Å². The first-order valence-corrected chi connectivity index (χ1v) is 11.4. The van der Waals surface area contributed by atoms with Gasteiger partial charge < -0.3 is 10.1 Å². The molecule has 4 heterocycles. The van der Waals surface area contributed by atoms with Gasteiger partial charge in [0, 0.05) is 29.1 Å². The molecule has 7 heteroatoms. The molecular formula is C24H24F2N2O2S. The highest BCUT2D eigenvalue weighted by atomic mass is 32.1. The van der Waals surface area contributed by atoms with E-state index in [1.165, 1.54) is 17.0 Å². The SMILES string of the molecule is CC1(C)OC(=C2C(=O)Nc3cc(F)ccc32)C=C1c1csc(CN2CCCC(F)C2)c1. The van der Waals surface area contributed by atoms with E-state index in [-0.39, 0.29) is 5.91 Å². The summed E-state index contributed by atoms with van der Waals surface area (Å²) in [4.78, 5) is 16.0. The molecule has 1 unspecified atom stereocenters. The molecule has 5 rings (SSSR count). The van der Waals surface area contributed by atoms with Crippen molar-refractivity contribution < 1.29 is 18.3 Å². The van der Waals surface area contributed by atoms with E-state index in [0.29, 0.717) is 35.5 Å². The Morgan fingerprint density at radius 3 is 2.97 bits per heavy atom. The summed E-state index contributed by atoms with van der Waals surface area (Å²) in [6, 6.07) is 6.40. The second-order valence-corrected chi connectivity index (χ2v) is 9.83. The number of rotatable bonds is 3. The van der Waals surface area contributed by atoms with E-state index in [2.05, 4.69) is 21.7 Å². The number of benzene rings is 1. The predicted octanol–water partition coefficient (Wildman–Crippen LogP) is 5.38. The molecule has 0 saturated carbocycles. The minimum atomic E-state index is -0.735. The largest absolute Gasteiger partial charge is 0.482 e. The van der Waals surface area contributed by atoms with Gasteiger partial charge in [-0.15, -0.1) is 11.3 Å². The van der Waals surface area contributed by atoms with E-state index in [0.717, 1.165) is 30.6 Å². The topological polar surface area (TPSA) is 41.6 Å².